The molecule has 1 N–H and O–H groups in total. The smallest absolute Gasteiger partial charge is 0.222 e. The van der Waals surface area contributed by atoms with Crippen LogP contribution in [0.4, 0.5) is 0 Å². The molecule has 0 atom stereocenters. The molecule has 1 amide bonds. The van der Waals surface area contributed by atoms with Crippen molar-refractivity contribution < 1.29 is 14.6 Å². The number of ether oxygens (including phenoxy) is 1. The average molecular weight is 284 g/mol. The molecule has 0 radical (unpaired) electrons. The van der Waals surface area contributed by atoms with Gasteiger partial charge in [0.2, 0.25) is 5.91 Å². The molecule has 0 unspecified atom stereocenters. The van der Waals surface area contributed by atoms with E-state index in [4.69, 9.17) is 4.74 Å². The lowest BCUT2D eigenvalue weighted by molar-refractivity contribution is -0.135. The van der Waals surface area contributed by atoms with Gasteiger partial charge in [0, 0.05) is 32.1 Å². The summed E-state index contributed by atoms with van der Waals surface area (Å²) >= 11 is 0. The van der Waals surface area contributed by atoms with E-state index in [-0.39, 0.29) is 12.5 Å². The molecule has 2 aliphatic rings. The number of amides is 1. The van der Waals surface area contributed by atoms with Crippen LogP contribution in [0.25, 0.3) is 0 Å². The summed E-state index contributed by atoms with van der Waals surface area (Å²) in [5.41, 5.74) is 0. The van der Waals surface area contributed by atoms with Gasteiger partial charge in [-0.2, -0.15) is 0 Å². The van der Waals surface area contributed by atoms with E-state index in [1.54, 1.807) is 0 Å². The molecule has 1 saturated carbocycles. The molecule has 116 valence electrons. The normalized spacial score (nSPS) is 20.8. The SMILES string of the molecule is O=C(CCCN(CCO)C1CCCC1)N1CCOCC1. The van der Waals surface area contributed by atoms with E-state index >= 15 is 0 Å². The number of aliphatic hydroxyl groups excluding tert-OH is 1. The van der Waals surface area contributed by atoms with Gasteiger partial charge in [0.25, 0.3) is 0 Å². The van der Waals surface area contributed by atoms with E-state index in [0.717, 1.165) is 32.6 Å². The van der Waals surface area contributed by atoms with E-state index in [0.29, 0.717) is 25.7 Å². The highest BCUT2D eigenvalue weighted by Gasteiger charge is 2.22. The lowest BCUT2D eigenvalue weighted by Crippen LogP contribution is -2.41. The van der Waals surface area contributed by atoms with Crippen molar-refractivity contribution in [3.8, 4) is 0 Å². The molecule has 2 rings (SSSR count). The summed E-state index contributed by atoms with van der Waals surface area (Å²) < 4.78 is 5.26. The molecule has 0 aromatic carbocycles. The Kier molecular flexibility index (Phi) is 6.76. The Balaban J connectivity index is 1.67. The molecule has 1 aliphatic carbocycles. The summed E-state index contributed by atoms with van der Waals surface area (Å²) in [5.74, 6) is 0.253. The van der Waals surface area contributed by atoms with Gasteiger partial charge < -0.3 is 14.7 Å². The summed E-state index contributed by atoms with van der Waals surface area (Å²) in [6, 6.07) is 0.626. The van der Waals surface area contributed by atoms with E-state index in [2.05, 4.69) is 4.90 Å². The van der Waals surface area contributed by atoms with Gasteiger partial charge >= 0.3 is 0 Å². The van der Waals surface area contributed by atoms with Crippen LogP contribution >= 0.6 is 0 Å². The van der Waals surface area contributed by atoms with Gasteiger partial charge in [-0.25, -0.2) is 0 Å². The van der Waals surface area contributed by atoms with Crippen LogP contribution in [0.5, 0.6) is 0 Å². The van der Waals surface area contributed by atoms with Crippen molar-refractivity contribution in [2.45, 2.75) is 44.6 Å². The van der Waals surface area contributed by atoms with E-state index in [1.807, 2.05) is 4.90 Å². The molecule has 2 fully saturated rings. The minimum Gasteiger partial charge on any atom is -0.395 e. The highest BCUT2D eigenvalue weighted by atomic mass is 16.5. The minimum atomic E-state index is 0.216. The van der Waals surface area contributed by atoms with Crippen LogP contribution in [0, 0.1) is 0 Å². The molecule has 5 nitrogen and oxygen atoms in total. The first-order valence-corrected chi connectivity index (χ1v) is 8.01. The fraction of sp³-hybridized carbons (Fsp3) is 0.933. The second-order valence-electron chi connectivity index (χ2n) is 5.79. The van der Waals surface area contributed by atoms with Crippen LogP contribution in [-0.4, -0.2) is 72.9 Å². The van der Waals surface area contributed by atoms with Gasteiger partial charge in [0.15, 0.2) is 0 Å². The number of morpholine rings is 1. The number of nitrogens with zero attached hydrogens (tertiary/aromatic N) is 2. The molecule has 1 saturated heterocycles. The van der Waals surface area contributed by atoms with Crippen molar-refractivity contribution in [3.05, 3.63) is 0 Å². The van der Waals surface area contributed by atoms with Crippen LogP contribution in [0.3, 0.4) is 0 Å². The van der Waals surface area contributed by atoms with Gasteiger partial charge in [0.1, 0.15) is 0 Å². The Bertz CT molecular complexity index is 287. The third kappa shape index (κ3) is 4.72. The van der Waals surface area contributed by atoms with Crippen molar-refractivity contribution in [1.29, 1.82) is 0 Å². The second-order valence-corrected chi connectivity index (χ2v) is 5.79. The fourth-order valence-electron chi connectivity index (χ4n) is 3.28. The Hall–Kier alpha value is -0.650. The molecule has 1 heterocycles. The molecule has 0 bridgehead atoms. The Labute approximate surface area is 121 Å². The van der Waals surface area contributed by atoms with E-state index in [1.165, 1.54) is 25.7 Å². The maximum absolute atomic E-state index is 12.1. The third-order valence-corrected chi connectivity index (χ3v) is 4.43. The fourth-order valence-corrected chi connectivity index (χ4v) is 3.28. The lowest BCUT2D eigenvalue weighted by atomic mass is 10.1. The maximum Gasteiger partial charge on any atom is 0.222 e. The van der Waals surface area contributed by atoms with Crippen LogP contribution in [0.1, 0.15) is 38.5 Å². The van der Waals surface area contributed by atoms with Gasteiger partial charge in [-0.15, -0.1) is 0 Å². The highest BCUT2D eigenvalue weighted by Crippen LogP contribution is 2.23. The predicted octanol–water partition coefficient (Wildman–Crippen LogP) is 0.862. The van der Waals surface area contributed by atoms with Crippen molar-refractivity contribution >= 4 is 5.91 Å². The summed E-state index contributed by atoms with van der Waals surface area (Å²) in [5, 5.41) is 9.18. The number of carbonyl (C=O) groups excluding carboxylic acids is 1. The predicted molar refractivity (Wildman–Crippen MR) is 77.5 cm³/mol. The first-order chi connectivity index (χ1) is 9.81. The zero-order valence-electron chi connectivity index (χ0n) is 12.4. The zero-order chi connectivity index (χ0) is 14.2. The Morgan fingerprint density at radius 3 is 2.55 bits per heavy atom. The first kappa shape index (κ1) is 15.7. The van der Waals surface area contributed by atoms with Crippen LogP contribution in [0.15, 0.2) is 0 Å². The molecule has 0 spiro atoms. The average Bonchev–Trinajstić information content (AvgIpc) is 3.01. The summed E-state index contributed by atoms with van der Waals surface area (Å²) in [6.07, 6.45) is 6.62. The first-order valence-electron chi connectivity index (χ1n) is 8.01. The maximum atomic E-state index is 12.1. The van der Waals surface area contributed by atoms with E-state index in [9.17, 15) is 9.90 Å². The van der Waals surface area contributed by atoms with Crippen molar-refractivity contribution in [3.63, 3.8) is 0 Å². The van der Waals surface area contributed by atoms with Gasteiger partial charge in [-0.3, -0.25) is 9.69 Å². The summed E-state index contributed by atoms with van der Waals surface area (Å²) in [4.78, 5) is 16.3. The minimum absolute atomic E-state index is 0.216. The Morgan fingerprint density at radius 2 is 1.90 bits per heavy atom. The Morgan fingerprint density at radius 1 is 1.20 bits per heavy atom. The number of rotatable bonds is 7. The highest BCUT2D eigenvalue weighted by molar-refractivity contribution is 5.76. The van der Waals surface area contributed by atoms with Crippen molar-refractivity contribution in [2.24, 2.45) is 0 Å². The summed E-state index contributed by atoms with van der Waals surface area (Å²) in [7, 11) is 0. The zero-order valence-corrected chi connectivity index (χ0v) is 12.4. The molecule has 20 heavy (non-hydrogen) atoms. The second kappa shape index (κ2) is 8.60. The third-order valence-electron chi connectivity index (χ3n) is 4.43. The number of aliphatic hydroxyl groups is 1. The monoisotopic (exact) mass is 284 g/mol. The van der Waals surface area contributed by atoms with Crippen molar-refractivity contribution in [2.75, 3.05) is 46.0 Å². The number of carbonyl (C=O) groups is 1. The quantitative estimate of drug-likeness (QED) is 0.753. The van der Waals surface area contributed by atoms with Crippen LogP contribution in [0.2, 0.25) is 0 Å². The van der Waals surface area contributed by atoms with E-state index < -0.39 is 0 Å². The molecular weight excluding hydrogens is 256 g/mol. The summed E-state index contributed by atoms with van der Waals surface area (Å²) in [6.45, 7) is 4.71. The van der Waals surface area contributed by atoms with Crippen LogP contribution < -0.4 is 0 Å². The molecule has 5 heteroatoms. The molecule has 1 aliphatic heterocycles. The van der Waals surface area contributed by atoms with Crippen molar-refractivity contribution in [1.82, 2.24) is 9.80 Å². The molecule has 0 aromatic rings. The largest absolute Gasteiger partial charge is 0.395 e. The number of hydrogen-bond donors (Lipinski definition) is 1. The molecule has 0 aromatic heterocycles. The molecular formula is C15H28N2O3. The van der Waals surface area contributed by atoms with Gasteiger partial charge in [-0.1, -0.05) is 12.8 Å². The van der Waals surface area contributed by atoms with Gasteiger partial charge in [-0.05, 0) is 25.8 Å². The number of hydrogen-bond acceptors (Lipinski definition) is 4. The van der Waals surface area contributed by atoms with Crippen LogP contribution in [-0.2, 0) is 9.53 Å². The van der Waals surface area contributed by atoms with Gasteiger partial charge in [0.05, 0.1) is 19.8 Å². The standard InChI is InChI=1S/C15H28N2O3/c18-11-8-16(14-4-1-2-5-14)7-3-6-15(19)17-9-12-20-13-10-17/h14,18H,1-13H2. The lowest BCUT2D eigenvalue weighted by Gasteiger charge is -2.29. The topological polar surface area (TPSA) is 53.0 Å².